The smallest absolute Gasteiger partial charge is 0.306 e. The van der Waals surface area contributed by atoms with Crippen molar-refractivity contribution in [2.45, 2.75) is 37.8 Å². The second-order valence-corrected chi connectivity index (χ2v) is 10.2. The predicted molar refractivity (Wildman–Crippen MR) is 150 cm³/mol. The summed E-state index contributed by atoms with van der Waals surface area (Å²) in [5.74, 6) is 5.66. The van der Waals surface area contributed by atoms with Crippen LogP contribution in [0.2, 0.25) is 0 Å². The molecule has 2 aliphatic rings. The highest BCUT2D eigenvalue weighted by atomic mass is 16.5. The van der Waals surface area contributed by atoms with Gasteiger partial charge in [0.2, 0.25) is 5.75 Å². The van der Waals surface area contributed by atoms with E-state index in [9.17, 15) is 14.7 Å². The summed E-state index contributed by atoms with van der Waals surface area (Å²) in [6.07, 6.45) is 2.25. The quantitative estimate of drug-likeness (QED) is 0.279. The lowest BCUT2D eigenvalue weighted by Gasteiger charge is -2.27. The van der Waals surface area contributed by atoms with Crippen molar-refractivity contribution in [3.8, 4) is 17.6 Å². The van der Waals surface area contributed by atoms with Crippen LogP contribution in [0.3, 0.4) is 0 Å². The van der Waals surface area contributed by atoms with Crippen molar-refractivity contribution in [2.75, 3.05) is 39.4 Å². The Bertz CT molecular complexity index is 1400. The molecule has 208 valence electrons. The Morgan fingerprint density at radius 2 is 1.75 bits per heavy atom. The number of morpholine rings is 1. The van der Waals surface area contributed by atoms with Crippen molar-refractivity contribution in [3.05, 3.63) is 93.2 Å². The number of nitrogens with one attached hydrogen (secondary N) is 2. The molecule has 1 aromatic heterocycles. The van der Waals surface area contributed by atoms with E-state index in [1.807, 2.05) is 36.4 Å². The molecule has 9 heteroatoms. The van der Waals surface area contributed by atoms with E-state index in [2.05, 4.69) is 44.2 Å². The van der Waals surface area contributed by atoms with Crippen molar-refractivity contribution in [1.82, 2.24) is 20.2 Å². The van der Waals surface area contributed by atoms with Crippen LogP contribution in [0.4, 0.5) is 0 Å². The van der Waals surface area contributed by atoms with Crippen molar-refractivity contribution in [3.63, 3.8) is 0 Å². The van der Waals surface area contributed by atoms with Gasteiger partial charge in [-0.15, -0.1) is 0 Å². The fraction of sp³-hybridized carbons (Fsp3) is 0.387. The Kier molecular flexibility index (Phi) is 9.24. The summed E-state index contributed by atoms with van der Waals surface area (Å²) in [4.78, 5) is 33.2. The number of benzene rings is 2. The molecular weight excluding hydrogens is 508 g/mol. The average molecular weight is 543 g/mol. The highest BCUT2D eigenvalue weighted by Gasteiger charge is 2.23. The van der Waals surface area contributed by atoms with Crippen molar-refractivity contribution < 1.29 is 19.4 Å². The Hall–Kier alpha value is -3.97. The van der Waals surface area contributed by atoms with Crippen LogP contribution in [0, 0.1) is 11.8 Å². The summed E-state index contributed by atoms with van der Waals surface area (Å²) in [7, 11) is 0. The third-order valence-corrected chi connectivity index (χ3v) is 7.28. The molecule has 2 saturated heterocycles. The number of aromatic nitrogens is 2. The van der Waals surface area contributed by atoms with Crippen molar-refractivity contribution in [2.24, 2.45) is 0 Å². The molecule has 3 heterocycles. The zero-order chi connectivity index (χ0) is 27.7. The van der Waals surface area contributed by atoms with Gasteiger partial charge in [-0.2, -0.15) is 0 Å². The average Bonchev–Trinajstić information content (AvgIpc) is 2.96. The second kappa shape index (κ2) is 13.4. The fourth-order valence-corrected chi connectivity index (χ4v) is 4.78. The first-order chi connectivity index (χ1) is 19.5. The summed E-state index contributed by atoms with van der Waals surface area (Å²) in [6.45, 7) is 5.78. The molecule has 3 N–H and O–H groups in total. The number of aromatic hydroxyl groups is 1. The van der Waals surface area contributed by atoms with Crippen LogP contribution < -0.4 is 10.9 Å². The zero-order valence-electron chi connectivity index (χ0n) is 22.4. The number of ether oxygens (including phenoxy) is 2. The summed E-state index contributed by atoms with van der Waals surface area (Å²) in [5, 5.41) is 13.3. The van der Waals surface area contributed by atoms with Crippen molar-refractivity contribution >= 4 is 5.97 Å². The topological polar surface area (TPSA) is 117 Å². The third-order valence-electron chi connectivity index (χ3n) is 7.28. The van der Waals surface area contributed by atoms with E-state index in [-0.39, 0.29) is 24.4 Å². The number of hydrogen-bond acceptors (Lipinski definition) is 8. The van der Waals surface area contributed by atoms with Gasteiger partial charge in [-0.3, -0.25) is 14.5 Å². The van der Waals surface area contributed by atoms with Gasteiger partial charge in [0, 0.05) is 56.7 Å². The molecule has 0 aliphatic carbocycles. The summed E-state index contributed by atoms with van der Waals surface area (Å²) >= 11 is 0. The first-order valence-corrected chi connectivity index (χ1v) is 13.7. The normalized spacial score (nSPS) is 16.4. The van der Waals surface area contributed by atoms with Crippen molar-refractivity contribution in [1.29, 1.82) is 0 Å². The first-order valence-electron chi connectivity index (χ1n) is 13.7. The summed E-state index contributed by atoms with van der Waals surface area (Å²) < 4.78 is 10.9. The molecule has 2 aliphatic heterocycles. The summed E-state index contributed by atoms with van der Waals surface area (Å²) in [5.41, 5.74) is 3.76. The van der Waals surface area contributed by atoms with E-state index < -0.39 is 11.3 Å². The van der Waals surface area contributed by atoms with Crippen LogP contribution in [0.1, 0.15) is 46.7 Å². The van der Waals surface area contributed by atoms with E-state index in [4.69, 9.17) is 9.47 Å². The van der Waals surface area contributed by atoms with E-state index in [0.717, 1.165) is 49.5 Å². The number of H-pyrrole nitrogens is 1. The Morgan fingerprint density at radius 3 is 2.40 bits per heavy atom. The number of esters is 1. The number of hydrogen-bond donors (Lipinski definition) is 3. The molecule has 0 saturated carbocycles. The monoisotopic (exact) mass is 542 g/mol. The Labute approximate surface area is 233 Å². The standard InChI is InChI=1S/C31H34N4O5/c36-29(40-27-18-32-19-27)12-11-26(17-28-30(37)31(38)34-21-33-28)25-9-7-23(8-10-25)2-1-22-3-5-24(6-4-22)20-35-13-15-39-16-14-35/h3-10,21,26-27,32,37H,11-20H2,(H,33,34,38)/t26-/m0/s1. The lowest BCUT2D eigenvalue weighted by atomic mass is 9.89. The SMILES string of the molecule is O=C(CC[C@@H](Cc1nc[nH]c(=O)c1O)c1ccc(C#Cc2ccc(CN3CCOCC3)cc2)cc1)OC1CNC1. The lowest BCUT2D eigenvalue weighted by Crippen LogP contribution is -2.49. The minimum Gasteiger partial charge on any atom is -0.502 e. The van der Waals surface area contributed by atoms with Gasteiger partial charge < -0.3 is 24.9 Å². The number of rotatable bonds is 9. The molecule has 0 spiro atoms. The largest absolute Gasteiger partial charge is 0.502 e. The maximum absolute atomic E-state index is 12.4. The minimum atomic E-state index is -0.583. The molecular formula is C31H34N4O5. The minimum absolute atomic E-state index is 0.0665. The van der Waals surface area contributed by atoms with E-state index in [0.29, 0.717) is 31.6 Å². The zero-order valence-corrected chi connectivity index (χ0v) is 22.4. The highest BCUT2D eigenvalue weighted by Crippen LogP contribution is 2.28. The number of nitrogens with zero attached hydrogens (tertiary/aromatic N) is 2. The van der Waals surface area contributed by atoms with Gasteiger partial charge in [0.15, 0.2) is 0 Å². The van der Waals surface area contributed by atoms with Gasteiger partial charge in [0.1, 0.15) is 6.10 Å². The van der Waals surface area contributed by atoms with Crippen LogP contribution in [0.25, 0.3) is 0 Å². The van der Waals surface area contributed by atoms with Gasteiger partial charge in [-0.05, 0) is 47.7 Å². The molecule has 2 fully saturated rings. The highest BCUT2D eigenvalue weighted by molar-refractivity contribution is 5.69. The van der Waals surface area contributed by atoms with Crippen LogP contribution in [0.15, 0.2) is 59.7 Å². The number of carbonyl (C=O) groups excluding carboxylic acids is 1. The van der Waals surface area contributed by atoms with Crippen LogP contribution in [0.5, 0.6) is 5.75 Å². The molecule has 0 bridgehead atoms. The van der Waals surface area contributed by atoms with E-state index in [1.54, 1.807) is 0 Å². The lowest BCUT2D eigenvalue weighted by molar-refractivity contribution is -0.151. The molecule has 0 amide bonds. The molecule has 40 heavy (non-hydrogen) atoms. The third kappa shape index (κ3) is 7.57. The fourth-order valence-electron chi connectivity index (χ4n) is 4.78. The van der Waals surface area contributed by atoms with E-state index in [1.165, 1.54) is 11.9 Å². The molecule has 0 radical (unpaired) electrons. The van der Waals surface area contributed by atoms with Gasteiger partial charge in [-0.25, -0.2) is 4.98 Å². The molecule has 3 aromatic rings. The van der Waals surface area contributed by atoms with Gasteiger partial charge in [-0.1, -0.05) is 36.1 Å². The molecule has 9 nitrogen and oxygen atoms in total. The Balaban J connectivity index is 1.24. The second-order valence-electron chi connectivity index (χ2n) is 10.2. The molecule has 0 unspecified atom stereocenters. The first kappa shape index (κ1) is 27.6. The predicted octanol–water partition coefficient (Wildman–Crippen LogP) is 2.33. The van der Waals surface area contributed by atoms with Crippen LogP contribution in [-0.4, -0.2) is 71.4 Å². The molecule has 2 aromatic carbocycles. The van der Waals surface area contributed by atoms with Crippen LogP contribution in [-0.2, 0) is 27.2 Å². The maximum atomic E-state index is 12.4. The maximum Gasteiger partial charge on any atom is 0.306 e. The Morgan fingerprint density at radius 1 is 1.07 bits per heavy atom. The number of aromatic amines is 1. The van der Waals surface area contributed by atoms with Crippen LogP contribution >= 0.6 is 0 Å². The summed E-state index contributed by atoms with van der Waals surface area (Å²) in [6, 6.07) is 16.2. The van der Waals surface area contributed by atoms with E-state index >= 15 is 0 Å². The van der Waals surface area contributed by atoms with Gasteiger partial charge in [0.05, 0.1) is 25.2 Å². The molecule has 5 rings (SSSR count). The molecule has 1 atom stereocenters. The van der Waals surface area contributed by atoms with Gasteiger partial charge >= 0.3 is 5.97 Å². The van der Waals surface area contributed by atoms with Gasteiger partial charge in [0.25, 0.3) is 5.56 Å². The number of carbonyl (C=O) groups is 1.